The topological polar surface area (TPSA) is 88.0 Å². The molecule has 0 aliphatic rings. The third-order valence-electron chi connectivity index (χ3n) is 3.62. The number of para-hydroxylation sites is 1. The Morgan fingerprint density at radius 2 is 1.91 bits per heavy atom. The highest BCUT2D eigenvalue weighted by Crippen LogP contribution is 2.25. The van der Waals surface area contributed by atoms with Crippen LogP contribution in [-0.2, 0) is 6.42 Å². The number of benzene rings is 2. The van der Waals surface area contributed by atoms with Crippen LogP contribution in [0.2, 0.25) is 0 Å². The molecule has 0 atom stereocenters. The molecule has 1 heterocycles. The minimum Gasteiger partial charge on any atom is -0.350 e. The van der Waals surface area contributed by atoms with Gasteiger partial charge < -0.3 is 10.3 Å². The van der Waals surface area contributed by atoms with Crippen LogP contribution in [-0.4, -0.2) is 22.4 Å². The monoisotopic (exact) mass is 309 g/mol. The fourth-order valence-electron chi connectivity index (χ4n) is 2.47. The first kappa shape index (κ1) is 14.8. The van der Waals surface area contributed by atoms with Gasteiger partial charge in [-0.1, -0.05) is 42.5 Å². The molecule has 1 aromatic heterocycles. The lowest BCUT2D eigenvalue weighted by Gasteiger charge is -2.03. The predicted molar refractivity (Wildman–Crippen MR) is 87.4 cm³/mol. The lowest BCUT2D eigenvalue weighted by Crippen LogP contribution is -2.25. The minimum atomic E-state index is -0.462. The Kier molecular flexibility index (Phi) is 4.05. The number of nitrogens with one attached hydrogen (secondary N) is 2. The quantitative estimate of drug-likeness (QED) is 0.561. The first-order chi connectivity index (χ1) is 11.1. The number of fused-ring (bicyclic) bond motifs is 1. The maximum Gasteiger partial charge on any atom is 0.293 e. The van der Waals surface area contributed by atoms with E-state index in [-0.39, 0.29) is 11.6 Å². The summed E-state index contributed by atoms with van der Waals surface area (Å²) >= 11 is 0. The standard InChI is InChI=1S/C17H15N3O3/c21-17(18-10-9-12-5-2-1-3-6-12)14-11-13-7-4-8-15(20(22)23)16(13)19-14/h1-8,11,19H,9-10H2,(H,18,21). The molecule has 0 fully saturated rings. The average molecular weight is 309 g/mol. The predicted octanol–water partition coefficient (Wildman–Crippen LogP) is 3.05. The molecule has 2 N–H and O–H groups in total. The van der Waals surface area contributed by atoms with Crippen LogP contribution in [0.15, 0.2) is 54.6 Å². The first-order valence-electron chi connectivity index (χ1n) is 7.23. The van der Waals surface area contributed by atoms with Crippen LogP contribution in [0.5, 0.6) is 0 Å². The average Bonchev–Trinajstić information content (AvgIpc) is 2.99. The molecule has 0 aliphatic carbocycles. The van der Waals surface area contributed by atoms with E-state index in [1.165, 1.54) is 6.07 Å². The number of nitro groups is 1. The highest BCUT2D eigenvalue weighted by atomic mass is 16.6. The summed E-state index contributed by atoms with van der Waals surface area (Å²) in [6.07, 6.45) is 0.729. The number of nitro benzene ring substituents is 1. The van der Waals surface area contributed by atoms with Crippen LogP contribution in [0.25, 0.3) is 10.9 Å². The number of aromatic nitrogens is 1. The Morgan fingerprint density at radius 3 is 2.65 bits per heavy atom. The van der Waals surface area contributed by atoms with E-state index in [2.05, 4.69) is 10.3 Å². The van der Waals surface area contributed by atoms with Gasteiger partial charge in [0.15, 0.2) is 0 Å². The molecule has 3 rings (SSSR count). The summed E-state index contributed by atoms with van der Waals surface area (Å²) in [5.41, 5.74) is 1.79. The molecule has 0 unspecified atom stereocenters. The van der Waals surface area contributed by atoms with Crippen molar-refractivity contribution in [2.75, 3.05) is 6.54 Å². The molecule has 0 spiro atoms. The molecule has 0 bridgehead atoms. The number of hydrogen-bond acceptors (Lipinski definition) is 3. The van der Waals surface area contributed by atoms with Crippen molar-refractivity contribution >= 4 is 22.5 Å². The summed E-state index contributed by atoms with van der Waals surface area (Å²) in [6.45, 7) is 0.500. The fraction of sp³-hybridized carbons (Fsp3) is 0.118. The number of carbonyl (C=O) groups excluding carboxylic acids is 1. The first-order valence-corrected chi connectivity index (χ1v) is 7.23. The van der Waals surface area contributed by atoms with Gasteiger partial charge in [0, 0.05) is 18.0 Å². The number of amides is 1. The van der Waals surface area contributed by atoms with Crippen LogP contribution < -0.4 is 5.32 Å². The molecule has 1 amide bonds. The highest BCUT2D eigenvalue weighted by Gasteiger charge is 2.16. The van der Waals surface area contributed by atoms with Gasteiger partial charge in [0.05, 0.1) is 4.92 Å². The van der Waals surface area contributed by atoms with Crippen molar-refractivity contribution in [3.05, 3.63) is 76.0 Å². The Morgan fingerprint density at radius 1 is 1.13 bits per heavy atom. The Balaban J connectivity index is 1.71. The normalized spacial score (nSPS) is 10.6. The Hall–Kier alpha value is -3.15. The van der Waals surface area contributed by atoms with Gasteiger partial charge in [-0.3, -0.25) is 14.9 Å². The van der Waals surface area contributed by atoms with Gasteiger partial charge in [0.25, 0.3) is 11.6 Å². The number of H-pyrrole nitrogens is 1. The SMILES string of the molecule is O=C(NCCc1ccccc1)c1cc2cccc([N+](=O)[O-])c2[nH]1. The third-order valence-corrected chi connectivity index (χ3v) is 3.62. The molecule has 0 radical (unpaired) electrons. The van der Waals surface area contributed by atoms with Gasteiger partial charge >= 0.3 is 0 Å². The molecular formula is C17H15N3O3. The van der Waals surface area contributed by atoms with Crippen molar-refractivity contribution in [2.24, 2.45) is 0 Å². The maximum absolute atomic E-state index is 12.2. The molecular weight excluding hydrogens is 294 g/mol. The molecule has 2 aromatic carbocycles. The molecule has 0 saturated carbocycles. The minimum absolute atomic E-state index is 0.0363. The van der Waals surface area contributed by atoms with E-state index < -0.39 is 4.92 Å². The number of carbonyl (C=O) groups is 1. The summed E-state index contributed by atoms with van der Waals surface area (Å²) in [5, 5.41) is 14.5. The van der Waals surface area contributed by atoms with Crippen molar-refractivity contribution in [2.45, 2.75) is 6.42 Å². The largest absolute Gasteiger partial charge is 0.350 e. The van der Waals surface area contributed by atoms with E-state index in [0.717, 1.165) is 12.0 Å². The number of aromatic amines is 1. The van der Waals surface area contributed by atoms with E-state index >= 15 is 0 Å². The van der Waals surface area contributed by atoms with Crippen molar-refractivity contribution in [1.82, 2.24) is 10.3 Å². The number of rotatable bonds is 5. The van der Waals surface area contributed by atoms with Crippen molar-refractivity contribution < 1.29 is 9.72 Å². The third kappa shape index (κ3) is 3.21. The van der Waals surface area contributed by atoms with Gasteiger partial charge in [-0.2, -0.15) is 0 Å². The summed E-state index contributed by atoms with van der Waals surface area (Å²) in [7, 11) is 0. The Bertz CT molecular complexity index is 856. The highest BCUT2D eigenvalue weighted by molar-refractivity contribution is 6.00. The van der Waals surface area contributed by atoms with Crippen molar-refractivity contribution in [3.63, 3.8) is 0 Å². The second-order valence-corrected chi connectivity index (χ2v) is 5.17. The van der Waals surface area contributed by atoms with Gasteiger partial charge in [-0.15, -0.1) is 0 Å². The molecule has 23 heavy (non-hydrogen) atoms. The van der Waals surface area contributed by atoms with Crippen LogP contribution in [0.1, 0.15) is 16.1 Å². The number of non-ortho nitro benzene ring substituents is 1. The van der Waals surface area contributed by atoms with Gasteiger partial charge in [-0.25, -0.2) is 0 Å². The van der Waals surface area contributed by atoms with Gasteiger partial charge in [-0.05, 0) is 18.1 Å². The summed E-state index contributed by atoms with van der Waals surface area (Å²) in [4.78, 5) is 25.6. The van der Waals surface area contributed by atoms with E-state index in [4.69, 9.17) is 0 Å². The zero-order valence-electron chi connectivity index (χ0n) is 12.3. The second kappa shape index (κ2) is 6.31. The van der Waals surface area contributed by atoms with Gasteiger partial charge in [0.1, 0.15) is 11.2 Å². The van der Waals surface area contributed by atoms with E-state index in [0.29, 0.717) is 23.1 Å². The van der Waals surface area contributed by atoms with Crippen LogP contribution >= 0.6 is 0 Å². The number of hydrogen-bond donors (Lipinski definition) is 2. The number of nitrogens with zero attached hydrogens (tertiary/aromatic N) is 1. The van der Waals surface area contributed by atoms with Crippen LogP contribution in [0.4, 0.5) is 5.69 Å². The van der Waals surface area contributed by atoms with Gasteiger partial charge in [0.2, 0.25) is 0 Å². The summed E-state index contributed by atoms with van der Waals surface area (Å²) in [6, 6.07) is 16.2. The Labute approximate surface area is 132 Å². The maximum atomic E-state index is 12.2. The van der Waals surface area contributed by atoms with Crippen LogP contribution in [0.3, 0.4) is 0 Å². The van der Waals surface area contributed by atoms with Crippen LogP contribution in [0, 0.1) is 10.1 Å². The van der Waals surface area contributed by atoms with E-state index in [1.54, 1.807) is 18.2 Å². The second-order valence-electron chi connectivity index (χ2n) is 5.17. The lowest BCUT2D eigenvalue weighted by atomic mass is 10.1. The summed E-state index contributed by atoms with van der Waals surface area (Å²) in [5.74, 6) is -0.272. The van der Waals surface area contributed by atoms with Crippen molar-refractivity contribution in [1.29, 1.82) is 0 Å². The molecule has 6 heteroatoms. The van der Waals surface area contributed by atoms with E-state index in [9.17, 15) is 14.9 Å². The zero-order chi connectivity index (χ0) is 16.2. The molecule has 116 valence electrons. The molecule has 3 aromatic rings. The molecule has 0 aliphatic heterocycles. The molecule has 0 saturated heterocycles. The zero-order valence-corrected chi connectivity index (χ0v) is 12.3. The van der Waals surface area contributed by atoms with E-state index in [1.807, 2.05) is 30.3 Å². The van der Waals surface area contributed by atoms with Crippen molar-refractivity contribution in [3.8, 4) is 0 Å². The smallest absolute Gasteiger partial charge is 0.293 e. The summed E-state index contributed by atoms with van der Waals surface area (Å²) < 4.78 is 0. The lowest BCUT2D eigenvalue weighted by molar-refractivity contribution is -0.383. The molecule has 6 nitrogen and oxygen atoms in total. The fourth-order valence-corrected chi connectivity index (χ4v) is 2.47.